The molecule has 6 rings (SSSR count). The summed E-state index contributed by atoms with van der Waals surface area (Å²) in [6.45, 7) is 7.45. The van der Waals surface area contributed by atoms with Gasteiger partial charge >= 0.3 is 6.18 Å². The number of rotatable bonds is 6. The summed E-state index contributed by atoms with van der Waals surface area (Å²) in [6, 6.07) is 9.07. The number of H-pyrrole nitrogens is 1. The van der Waals surface area contributed by atoms with Gasteiger partial charge in [0.25, 0.3) is 0 Å². The summed E-state index contributed by atoms with van der Waals surface area (Å²) in [5.74, 6) is 1.43. The molecular weight excluding hydrogens is 505 g/mol. The molecule has 0 radical (unpaired) electrons. The van der Waals surface area contributed by atoms with Crippen LogP contribution in [0.1, 0.15) is 61.8 Å². The highest BCUT2D eigenvalue weighted by Crippen LogP contribution is 2.43. The molecule has 1 atom stereocenters. The normalized spacial score (nSPS) is 17.5. The summed E-state index contributed by atoms with van der Waals surface area (Å²) in [4.78, 5) is 6.14. The number of hydrogen-bond donors (Lipinski definition) is 2. The molecular formula is C28H35F3N8. The highest BCUT2D eigenvalue weighted by molar-refractivity contribution is 5.94. The maximum Gasteiger partial charge on any atom is 0.433 e. The minimum atomic E-state index is -4.55. The highest BCUT2D eigenvalue weighted by Gasteiger charge is 2.35. The van der Waals surface area contributed by atoms with Gasteiger partial charge in [-0.15, -0.1) is 10.2 Å². The number of halogens is 3. The van der Waals surface area contributed by atoms with Gasteiger partial charge in [-0.2, -0.15) is 18.3 Å². The van der Waals surface area contributed by atoms with Gasteiger partial charge in [-0.1, -0.05) is 38.5 Å². The molecule has 2 fully saturated rings. The van der Waals surface area contributed by atoms with Gasteiger partial charge in [-0.3, -0.25) is 10.00 Å². The van der Waals surface area contributed by atoms with Crippen LogP contribution in [0.3, 0.4) is 0 Å². The Morgan fingerprint density at radius 2 is 1.87 bits per heavy atom. The molecule has 4 aromatic rings. The lowest BCUT2D eigenvalue weighted by atomic mass is 9.72. The van der Waals surface area contributed by atoms with E-state index in [0.29, 0.717) is 34.8 Å². The topological polar surface area (TPSA) is 87.5 Å². The van der Waals surface area contributed by atoms with Gasteiger partial charge < -0.3 is 9.88 Å². The fraction of sp³-hybridized carbons (Fsp3) is 0.500. The first kappa shape index (κ1) is 27.3. The zero-order valence-corrected chi connectivity index (χ0v) is 22.6. The average molecular weight is 541 g/mol. The van der Waals surface area contributed by atoms with Crippen molar-refractivity contribution < 1.29 is 13.2 Å². The van der Waals surface area contributed by atoms with Gasteiger partial charge in [0.15, 0.2) is 0 Å². The van der Waals surface area contributed by atoms with Crippen LogP contribution >= 0.6 is 0 Å². The van der Waals surface area contributed by atoms with Gasteiger partial charge in [-0.25, -0.2) is 4.98 Å². The van der Waals surface area contributed by atoms with Crippen molar-refractivity contribution in [3.63, 3.8) is 0 Å². The molecule has 0 spiro atoms. The van der Waals surface area contributed by atoms with E-state index in [1.54, 1.807) is 6.33 Å². The molecule has 8 nitrogen and oxygen atoms in total. The standard InChI is InChI=1S/C26H29F3N8.C2H6/c1-36-15-31-35-25(36)22(16-4-2-5-16)17-6-3-7-18(12-17)23-19-13-21(26(27,28)29)32-20(24(19)34-33-23)14-37-10-8-30-9-11-37;1-2/h3,6-7,12-13,15-16,22,30H,2,4-5,8-11,14H2,1H3,(H,33,34);1-2H3. The summed E-state index contributed by atoms with van der Waals surface area (Å²) in [6.07, 6.45) is 0.568. The maximum absolute atomic E-state index is 13.9. The van der Waals surface area contributed by atoms with Crippen LogP contribution in [0.4, 0.5) is 13.2 Å². The second-order valence-corrected chi connectivity index (χ2v) is 10.1. The zero-order chi connectivity index (χ0) is 27.6. The van der Waals surface area contributed by atoms with Crippen LogP contribution in [-0.4, -0.2) is 61.0 Å². The molecule has 1 aliphatic heterocycles. The van der Waals surface area contributed by atoms with Crippen molar-refractivity contribution in [3.05, 3.63) is 59.4 Å². The van der Waals surface area contributed by atoms with Crippen LogP contribution in [0.15, 0.2) is 36.7 Å². The van der Waals surface area contributed by atoms with E-state index < -0.39 is 11.9 Å². The molecule has 0 amide bonds. The fourth-order valence-corrected chi connectivity index (χ4v) is 5.50. The molecule has 39 heavy (non-hydrogen) atoms. The predicted octanol–water partition coefficient (Wildman–Crippen LogP) is 5.14. The van der Waals surface area contributed by atoms with Crippen LogP contribution < -0.4 is 5.32 Å². The Kier molecular flexibility index (Phi) is 7.99. The fourth-order valence-electron chi connectivity index (χ4n) is 5.50. The molecule has 208 valence electrons. The lowest BCUT2D eigenvalue weighted by Crippen LogP contribution is -2.43. The van der Waals surface area contributed by atoms with E-state index in [-0.39, 0.29) is 5.92 Å². The molecule has 0 bridgehead atoms. The molecule has 4 heterocycles. The van der Waals surface area contributed by atoms with E-state index in [4.69, 9.17) is 0 Å². The van der Waals surface area contributed by atoms with E-state index >= 15 is 0 Å². The van der Waals surface area contributed by atoms with Crippen molar-refractivity contribution in [3.8, 4) is 11.3 Å². The van der Waals surface area contributed by atoms with Gasteiger partial charge in [0.2, 0.25) is 0 Å². The Morgan fingerprint density at radius 3 is 2.51 bits per heavy atom. The number of fused-ring (bicyclic) bond motifs is 1. The molecule has 1 aliphatic carbocycles. The molecule has 1 saturated carbocycles. The first-order valence-corrected chi connectivity index (χ1v) is 13.7. The first-order valence-electron chi connectivity index (χ1n) is 13.7. The number of alkyl halides is 3. The number of nitrogens with zero attached hydrogens (tertiary/aromatic N) is 6. The molecule has 3 aromatic heterocycles. The van der Waals surface area contributed by atoms with Gasteiger partial charge in [0.05, 0.1) is 11.2 Å². The van der Waals surface area contributed by atoms with Crippen molar-refractivity contribution in [2.45, 2.75) is 51.7 Å². The SMILES string of the molecule is CC.Cn1cnnc1C(c1cccc(-c2n[nH]c3c(CN4CCNCC4)nc(C(F)(F)F)cc23)c1)C1CCC1. The third kappa shape index (κ3) is 5.56. The summed E-state index contributed by atoms with van der Waals surface area (Å²) in [5, 5.41) is 19.7. The van der Waals surface area contributed by atoms with Crippen molar-refractivity contribution >= 4 is 10.9 Å². The number of piperazine rings is 1. The molecule has 2 aliphatic rings. The Hall–Kier alpha value is -3.31. The Bertz CT molecular complexity index is 1400. The number of benzene rings is 1. The van der Waals surface area contributed by atoms with Crippen LogP contribution in [-0.2, 0) is 19.8 Å². The van der Waals surface area contributed by atoms with Crippen molar-refractivity contribution in [1.82, 2.24) is 40.2 Å². The van der Waals surface area contributed by atoms with Crippen molar-refractivity contribution in [2.75, 3.05) is 26.2 Å². The van der Waals surface area contributed by atoms with Crippen LogP contribution in [0.25, 0.3) is 22.2 Å². The molecule has 11 heteroatoms. The monoisotopic (exact) mass is 540 g/mol. The molecule has 1 saturated heterocycles. The van der Waals surface area contributed by atoms with Crippen molar-refractivity contribution in [1.29, 1.82) is 0 Å². The smallest absolute Gasteiger partial charge is 0.320 e. The Morgan fingerprint density at radius 1 is 1.10 bits per heavy atom. The van der Waals surface area contributed by atoms with Crippen molar-refractivity contribution in [2.24, 2.45) is 13.0 Å². The van der Waals surface area contributed by atoms with Crippen LogP contribution in [0, 0.1) is 5.92 Å². The van der Waals surface area contributed by atoms with E-state index in [2.05, 4.69) is 41.7 Å². The lowest BCUT2D eigenvalue weighted by Gasteiger charge is -2.33. The van der Waals surface area contributed by atoms with Gasteiger partial charge in [0, 0.05) is 56.6 Å². The average Bonchev–Trinajstić information content (AvgIpc) is 3.54. The number of aromatic nitrogens is 6. The van der Waals surface area contributed by atoms with Gasteiger partial charge in [0.1, 0.15) is 23.5 Å². The second-order valence-electron chi connectivity index (χ2n) is 10.1. The summed E-state index contributed by atoms with van der Waals surface area (Å²) in [5.41, 5.74) is 2.36. The van der Waals surface area contributed by atoms with Crippen LogP contribution in [0.2, 0.25) is 0 Å². The first-order chi connectivity index (χ1) is 18.9. The van der Waals surface area contributed by atoms with Gasteiger partial charge in [-0.05, 0) is 36.5 Å². The molecule has 1 unspecified atom stereocenters. The summed E-state index contributed by atoms with van der Waals surface area (Å²) < 4.78 is 43.6. The third-order valence-electron chi connectivity index (χ3n) is 7.67. The van der Waals surface area contributed by atoms with E-state index in [9.17, 15) is 13.2 Å². The Labute approximate surface area is 226 Å². The summed E-state index contributed by atoms with van der Waals surface area (Å²) in [7, 11) is 1.94. The van der Waals surface area contributed by atoms with E-state index in [1.807, 2.05) is 43.7 Å². The zero-order valence-electron chi connectivity index (χ0n) is 22.6. The predicted molar refractivity (Wildman–Crippen MR) is 144 cm³/mol. The molecule has 1 aromatic carbocycles. The van der Waals surface area contributed by atoms with E-state index in [0.717, 1.165) is 62.0 Å². The summed E-state index contributed by atoms with van der Waals surface area (Å²) >= 11 is 0. The number of aromatic amines is 1. The Balaban J connectivity index is 0.00000151. The number of nitrogens with one attached hydrogen (secondary N) is 2. The largest absolute Gasteiger partial charge is 0.433 e. The van der Waals surface area contributed by atoms with E-state index in [1.165, 1.54) is 6.42 Å². The third-order valence-corrected chi connectivity index (χ3v) is 7.67. The molecule has 2 N–H and O–H groups in total. The minimum absolute atomic E-state index is 0.0714. The quantitative estimate of drug-likeness (QED) is 0.352. The lowest BCUT2D eigenvalue weighted by molar-refractivity contribution is -0.141. The number of hydrogen-bond acceptors (Lipinski definition) is 6. The number of pyridine rings is 1. The van der Waals surface area contributed by atoms with Crippen LogP contribution in [0.5, 0.6) is 0 Å². The maximum atomic E-state index is 13.9. The number of aryl methyl sites for hydroxylation is 1. The minimum Gasteiger partial charge on any atom is -0.320 e. The second kappa shape index (κ2) is 11.4. The highest BCUT2D eigenvalue weighted by atomic mass is 19.4.